The van der Waals surface area contributed by atoms with Crippen molar-refractivity contribution in [3.63, 3.8) is 0 Å². The molecule has 0 fully saturated rings. The number of amides is 1. The lowest BCUT2D eigenvalue weighted by Gasteiger charge is -2.13. The van der Waals surface area contributed by atoms with Crippen molar-refractivity contribution in [2.24, 2.45) is 5.73 Å². The van der Waals surface area contributed by atoms with Gasteiger partial charge in [-0.05, 0) is 38.1 Å². The van der Waals surface area contributed by atoms with Gasteiger partial charge in [-0.15, -0.1) is 10.2 Å². The van der Waals surface area contributed by atoms with Crippen molar-refractivity contribution in [2.75, 3.05) is 10.6 Å². The summed E-state index contributed by atoms with van der Waals surface area (Å²) in [6, 6.07) is 8.50. The number of benzene rings is 1. The molecule has 172 valence electrons. The van der Waals surface area contributed by atoms with Crippen molar-refractivity contribution >= 4 is 51.8 Å². The zero-order valence-electron chi connectivity index (χ0n) is 18.1. The van der Waals surface area contributed by atoms with E-state index >= 15 is 0 Å². The Morgan fingerprint density at radius 2 is 1.82 bits per heavy atom. The standard InChI is InChI=1S/C22H19Cl2N9O/c1-11-12(2)33-18(10-27-11)31-32-22(33)16-7-6-13(8-28-16)30-17(19(25)21(26)34)9-29-20-14(23)4-3-5-15(20)24/h3-10,25,29-30H,1-2H3,(H2,26,34)/b17-9+,25-19?. The van der Waals surface area contributed by atoms with Crippen LogP contribution in [0.25, 0.3) is 17.2 Å². The normalized spacial score (nSPS) is 11.5. The molecule has 0 saturated heterocycles. The molecule has 0 saturated carbocycles. The van der Waals surface area contributed by atoms with Gasteiger partial charge in [0, 0.05) is 11.9 Å². The van der Waals surface area contributed by atoms with Gasteiger partial charge in [0.1, 0.15) is 11.4 Å². The SMILES string of the molecule is Cc1ncc2nnc(-c3ccc(N/C(=C/Nc4c(Cl)cccc4Cl)C(=N)C(N)=O)cn3)n2c1C. The van der Waals surface area contributed by atoms with E-state index < -0.39 is 11.6 Å². The number of pyridine rings is 1. The van der Waals surface area contributed by atoms with Crippen LogP contribution in [0.2, 0.25) is 10.0 Å². The number of rotatable bonds is 7. The fourth-order valence-electron chi connectivity index (χ4n) is 3.13. The van der Waals surface area contributed by atoms with Crippen LogP contribution in [-0.2, 0) is 4.79 Å². The summed E-state index contributed by atoms with van der Waals surface area (Å²) in [5, 5.41) is 23.1. The number of primary amides is 1. The maximum absolute atomic E-state index is 11.7. The lowest BCUT2D eigenvalue weighted by molar-refractivity contribution is -0.112. The number of nitrogens with one attached hydrogen (secondary N) is 3. The first kappa shape index (κ1) is 23.1. The number of halogens is 2. The minimum atomic E-state index is -0.912. The van der Waals surface area contributed by atoms with Gasteiger partial charge >= 0.3 is 0 Å². The summed E-state index contributed by atoms with van der Waals surface area (Å²) in [5.74, 6) is -0.343. The number of hydrogen-bond acceptors (Lipinski definition) is 8. The average Bonchev–Trinajstić information content (AvgIpc) is 3.25. The molecule has 0 aliphatic carbocycles. The largest absolute Gasteiger partial charge is 0.364 e. The maximum atomic E-state index is 11.7. The zero-order valence-corrected chi connectivity index (χ0v) is 19.6. The molecule has 4 rings (SSSR count). The number of nitrogens with two attached hydrogens (primary N) is 1. The van der Waals surface area contributed by atoms with E-state index in [0.717, 1.165) is 11.4 Å². The Kier molecular flexibility index (Phi) is 6.44. The van der Waals surface area contributed by atoms with Crippen LogP contribution in [0.3, 0.4) is 0 Å². The Hall–Kier alpha value is -4.02. The van der Waals surface area contributed by atoms with Gasteiger partial charge in [-0.1, -0.05) is 29.3 Å². The summed E-state index contributed by atoms with van der Waals surface area (Å²) in [6.07, 6.45) is 4.59. The van der Waals surface area contributed by atoms with Crippen LogP contribution in [0.5, 0.6) is 0 Å². The second-order valence-corrected chi connectivity index (χ2v) is 8.06. The van der Waals surface area contributed by atoms with Gasteiger partial charge in [-0.3, -0.25) is 24.6 Å². The lowest BCUT2D eigenvalue weighted by atomic mass is 10.2. The number of carbonyl (C=O) groups is 1. The van der Waals surface area contributed by atoms with Crippen LogP contribution < -0.4 is 16.4 Å². The molecule has 0 unspecified atom stereocenters. The summed E-state index contributed by atoms with van der Waals surface area (Å²) < 4.78 is 1.88. The molecule has 5 N–H and O–H groups in total. The fourth-order valence-corrected chi connectivity index (χ4v) is 3.63. The van der Waals surface area contributed by atoms with Crippen molar-refractivity contribution in [1.82, 2.24) is 24.6 Å². The molecule has 0 atom stereocenters. The van der Waals surface area contributed by atoms with Gasteiger partial charge in [0.15, 0.2) is 11.5 Å². The van der Waals surface area contributed by atoms with Crippen LogP contribution in [0.4, 0.5) is 11.4 Å². The number of nitrogens with zero attached hydrogens (tertiary/aromatic N) is 5. The maximum Gasteiger partial charge on any atom is 0.268 e. The Labute approximate surface area is 204 Å². The first-order valence-electron chi connectivity index (χ1n) is 9.96. The molecule has 12 heteroatoms. The fraction of sp³-hybridized carbons (Fsp3) is 0.0909. The summed E-state index contributed by atoms with van der Waals surface area (Å²) in [6.45, 7) is 3.84. The van der Waals surface area contributed by atoms with Crippen LogP contribution in [0.15, 0.2) is 54.6 Å². The van der Waals surface area contributed by atoms with Crippen molar-refractivity contribution in [1.29, 1.82) is 5.41 Å². The van der Waals surface area contributed by atoms with Crippen molar-refractivity contribution in [3.05, 3.63) is 76.1 Å². The number of aryl methyl sites for hydroxylation is 2. The third-order valence-electron chi connectivity index (χ3n) is 5.03. The third-order valence-corrected chi connectivity index (χ3v) is 5.66. The molecule has 1 amide bonds. The second kappa shape index (κ2) is 9.46. The Morgan fingerprint density at radius 3 is 2.47 bits per heavy atom. The zero-order chi connectivity index (χ0) is 24.4. The van der Waals surface area contributed by atoms with Crippen LogP contribution in [0.1, 0.15) is 11.4 Å². The van der Waals surface area contributed by atoms with Gasteiger partial charge in [0.2, 0.25) is 0 Å². The van der Waals surface area contributed by atoms with E-state index in [4.69, 9.17) is 34.3 Å². The van der Waals surface area contributed by atoms with E-state index in [0.29, 0.717) is 38.6 Å². The van der Waals surface area contributed by atoms with Gasteiger partial charge in [-0.2, -0.15) is 0 Å². The predicted octanol–water partition coefficient (Wildman–Crippen LogP) is 3.98. The number of para-hydroxylation sites is 1. The first-order chi connectivity index (χ1) is 16.3. The summed E-state index contributed by atoms with van der Waals surface area (Å²) in [7, 11) is 0. The first-order valence-corrected chi connectivity index (χ1v) is 10.7. The van der Waals surface area contributed by atoms with Crippen LogP contribution in [0, 0.1) is 19.3 Å². The van der Waals surface area contributed by atoms with Gasteiger partial charge in [0.05, 0.1) is 45.2 Å². The van der Waals surface area contributed by atoms with E-state index in [-0.39, 0.29) is 5.70 Å². The molecule has 0 bridgehead atoms. The molecular weight excluding hydrogens is 477 g/mol. The molecule has 1 aromatic carbocycles. The predicted molar refractivity (Wildman–Crippen MR) is 132 cm³/mol. The molecule has 3 heterocycles. The second-order valence-electron chi connectivity index (χ2n) is 7.24. The van der Waals surface area contributed by atoms with E-state index in [1.54, 1.807) is 42.7 Å². The summed E-state index contributed by atoms with van der Waals surface area (Å²) >= 11 is 12.3. The smallest absolute Gasteiger partial charge is 0.268 e. The molecule has 0 spiro atoms. The minimum absolute atomic E-state index is 0.100. The third kappa shape index (κ3) is 4.54. The molecule has 3 aromatic heterocycles. The molecular formula is C22H19Cl2N9O. The highest BCUT2D eigenvalue weighted by atomic mass is 35.5. The van der Waals surface area contributed by atoms with Gasteiger partial charge in [0.25, 0.3) is 5.91 Å². The highest BCUT2D eigenvalue weighted by molar-refractivity contribution is 6.44. The highest BCUT2D eigenvalue weighted by Crippen LogP contribution is 2.30. The number of anilines is 2. The summed E-state index contributed by atoms with van der Waals surface area (Å²) in [4.78, 5) is 20.4. The molecule has 0 radical (unpaired) electrons. The number of fused-ring (bicyclic) bond motifs is 1. The Bertz CT molecular complexity index is 1420. The minimum Gasteiger partial charge on any atom is -0.364 e. The summed E-state index contributed by atoms with van der Waals surface area (Å²) in [5.41, 5.74) is 8.89. The number of carbonyl (C=O) groups excluding carboxylic acids is 1. The van der Waals surface area contributed by atoms with Gasteiger partial charge < -0.3 is 16.4 Å². The van der Waals surface area contributed by atoms with Crippen molar-refractivity contribution < 1.29 is 4.79 Å². The van der Waals surface area contributed by atoms with Crippen LogP contribution >= 0.6 is 23.2 Å². The van der Waals surface area contributed by atoms with E-state index in [1.165, 1.54) is 6.20 Å². The molecule has 4 aromatic rings. The van der Waals surface area contributed by atoms with E-state index in [2.05, 4.69) is 30.8 Å². The number of aromatic nitrogens is 5. The topological polar surface area (TPSA) is 147 Å². The van der Waals surface area contributed by atoms with Gasteiger partial charge in [-0.25, -0.2) is 0 Å². The molecule has 0 aliphatic rings. The Balaban J connectivity index is 1.63. The Morgan fingerprint density at radius 1 is 1.09 bits per heavy atom. The molecule has 0 aliphatic heterocycles. The van der Waals surface area contributed by atoms with E-state index in [1.807, 2.05) is 18.2 Å². The quantitative estimate of drug-likeness (QED) is 0.283. The molecule has 10 nitrogen and oxygen atoms in total. The van der Waals surface area contributed by atoms with E-state index in [9.17, 15) is 4.79 Å². The van der Waals surface area contributed by atoms with Crippen molar-refractivity contribution in [3.8, 4) is 11.5 Å². The number of hydrogen-bond donors (Lipinski definition) is 4. The highest BCUT2D eigenvalue weighted by Gasteiger charge is 2.15. The average molecular weight is 496 g/mol. The monoisotopic (exact) mass is 495 g/mol. The van der Waals surface area contributed by atoms with Crippen molar-refractivity contribution in [2.45, 2.75) is 13.8 Å². The van der Waals surface area contributed by atoms with Crippen LogP contribution in [-0.4, -0.2) is 36.2 Å². The lowest BCUT2D eigenvalue weighted by Crippen LogP contribution is -2.27. The molecule has 34 heavy (non-hydrogen) atoms.